The minimum absolute atomic E-state index is 0.718. The van der Waals surface area contributed by atoms with E-state index >= 15 is 0 Å². The van der Waals surface area contributed by atoms with E-state index in [0.717, 1.165) is 36.9 Å². The van der Waals surface area contributed by atoms with E-state index in [-0.39, 0.29) is 0 Å². The normalized spacial score (nSPS) is 11.1. The van der Waals surface area contributed by atoms with Crippen LogP contribution in [-0.2, 0) is 9.47 Å². The highest BCUT2D eigenvalue weighted by Gasteiger charge is 2.06. The average Bonchev–Trinajstić information content (AvgIpc) is 2.35. The maximum absolute atomic E-state index is 5.10. The Labute approximate surface area is 107 Å². The maximum Gasteiger partial charge on any atom is 0.0599 e. The number of methoxy groups -OCH3 is 2. The number of ether oxygens (including phenoxy) is 2. The van der Waals surface area contributed by atoms with Crippen molar-refractivity contribution in [3.05, 3.63) is 24.0 Å². The molecule has 1 rings (SSSR count). The number of aryl methyl sites for hydroxylation is 1. The molecule has 17 heavy (non-hydrogen) atoms. The first-order valence-electron chi connectivity index (χ1n) is 5.59. The second-order valence-corrected chi connectivity index (χ2v) is 4.81. The van der Waals surface area contributed by atoms with Gasteiger partial charge < -0.3 is 9.47 Å². The van der Waals surface area contributed by atoms with E-state index in [1.54, 1.807) is 26.2 Å². The molecule has 0 spiro atoms. The standard InChI is InChI=1S/C12H20N2O2S/c1-11-4-5-12(10-13-11)17-14(6-8-15-2)7-9-16-3/h4-5,10H,6-9H2,1-3H3. The van der Waals surface area contributed by atoms with Crippen LogP contribution in [0.25, 0.3) is 0 Å². The lowest BCUT2D eigenvalue weighted by Crippen LogP contribution is -2.24. The third-order valence-corrected chi connectivity index (χ3v) is 3.28. The van der Waals surface area contributed by atoms with Gasteiger partial charge >= 0.3 is 0 Å². The number of hydrogen-bond donors (Lipinski definition) is 0. The summed E-state index contributed by atoms with van der Waals surface area (Å²) in [5, 5.41) is 0. The van der Waals surface area contributed by atoms with Crippen molar-refractivity contribution in [1.82, 2.24) is 9.29 Å². The van der Waals surface area contributed by atoms with Crippen LogP contribution < -0.4 is 0 Å². The van der Waals surface area contributed by atoms with Gasteiger partial charge in [0.1, 0.15) is 0 Å². The van der Waals surface area contributed by atoms with Crippen LogP contribution in [0.5, 0.6) is 0 Å². The van der Waals surface area contributed by atoms with Crippen LogP contribution in [0.4, 0.5) is 0 Å². The highest BCUT2D eigenvalue weighted by atomic mass is 32.2. The molecule has 0 aliphatic carbocycles. The van der Waals surface area contributed by atoms with Crippen LogP contribution >= 0.6 is 11.9 Å². The SMILES string of the molecule is COCCN(CCOC)Sc1ccc(C)nc1. The molecule has 5 heteroatoms. The average molecular weight is 256 g/mol. The molecule has 0 saturated carbocycles. The van der Waals surface area contributed by atoms with Crippen molar-refractivity contribution in [1.29, 1.82) is 0 Å². The van der Waals surface area contributed by atoms with Gasteiger partial charge in [0.05, 0.1) is 13.2 Å². The molecular formula is C12H20N2O2S. The maximum atomic E-state index is 5.10. The topological polar surface area (TPSA) is 34.6 Å². The molecule has 0 bridgehead atoms. The Hall–Kier alpha value is -0.620. The fraction of sp³-hybridized carbons (Fsp3) is 0.583. The van der Waals surface area contributed by atoms with Crippen LogP contribution in [0.1, 0.15) is 5.69 Å². The lowest BCUT2D eigenvalue weighted by atomic mass is 10.4. The van der Waals surface area contributed by atoms with Crippen molar-refractivity contribution in [2.75, 3.05) is 40.5 Å². The van der Waals surface area contributed by atoms with Crippen molar-refractivity contribution in [3.63, 3.8) is 0 Å². The van der Waals surface area contributed by atoms with Gasteiger partial charge in [-0.05, 0) is 31.0 Å². The Morgan fingerprint density at radius 3 is 2.29 bits per heavy atom. The summed E-state index contributed by atoms with van der Waals surface area (Å²) in [7, 11) is 3.43. The van der Waals surface area contributed by atoms with Gasteiger partial charge in [-0.2, -0.15) is 0 Å². The van der Waals surface area contributed by atoms with E-state index in [4.69, 9.17) is 9.47 Å². The summed E-state index contributed by atoms with van der Waals surface area (Å²) in [4.78, 5) is 5.42. The molecule has 0 radical (unpaired) electrons. The molecule has 0 aromatic carbocycles. The monoisotopic (exact) mass is 256 g/mol. The first-order valence-corrected chi connectivity index (χ1v) is 6.37. The van der Waals surface area contributed by atoms with Gasteiger partial charge in [0.2, 0.25) is 0 Å². The molecule has 0 N–H and O–H groups in total. The van der Waals surface area contributed by atoms with E-state index in [1.807, 2.05) is 19.2 Å². The van der Waals surface area contributed by atoms with Gasteiger partial charge in [-0.15, -0.1) is 0 Å². The summed E-state index contributed by atoms with van der Waals surface area (Å²) >= 11 is 1.69. The predicted octanol–water partition coefficient (Wildman–Crippen LogP) is 1.99. The smallest absolute Gasteiger partial charge is 0.0599 e. The van der Waals surface area contributed by atoms with Crippen molar-refractivity contribution in [2.24, 2.45) is 0 Å². The van der Waals surface area contributed by atoms with Crippen molar-refractivity contribution in [3.8, 4) is 0 Å². The van der Waals surface area contributed by atoms with E-state index in [9.17, 15) is 0 Å². The fourth-order valence-corrected chi connectivity index (χ4v) is 2.11. The molecule has 1 aromatic heterocycles. The van der Waals surface area contributed by atoms with E-state index in [1.165, 1.54) is 0 Å². The molecule has 0 fully saturated rings. The zero-order valence-electron chi connectivity index (χ0n) is 10.7. The highest BCUT2D eigenvalue weighted by Crippen LogP contribution is 2.21. The van der Waals surface area contributed by atoms with Crippen molar-refractivity contribution >= 4 is 11.9 Å². The van der Waals surface area contributed by atoms with Gasteiger partial charge in [0, 0.05) is 44.1 Å². The molecule has 0 unspecified atom stereocenters. The van der Waals surface area contributed by atoms with Crippen LogP contribution in [0.15, 0.2) is 23.2 Å². The van der Waals surface area contributed by atoms with E-state index < -0.39 is 0 Å². The molecule has 1 heterocycles. The molecule has 0 saturated heterocycles. The van der Waals surface area contributed by atoms with Gasteiger partial charge in [-0.1, -0.05) is 0 Å². The molecule has 0 atom stereocenters. The molecule has 0 amide bonds. The molecule has 0 aliphatic heterocycles. The first-order chi connectivity index (χ1) is 8.26. The predicted molar refractivity (Wildman–Crippen MR) is 70.2 cm³/mol. The Morgan fingerprint density at radius 1 is 1.18 bits per heavy atom. The Balaban J connectivity index is 2.48. The van der Waals surface area contributed by atoms with Crippen LogP contribution in [0.3, 0.4) is 0 Å². The van der Waals surface area contributed by atoms with Crippen LogP contribution in [-0.4, -0.2) is 49.8 Å². The zero-order chi connectivity index (χ0) is 12.5. The minimum Gasteiger partial charge on any atom is -0.383 e. The third kappa shape index (κ3) is 6.02. The van der Waals surface area contributed by atoms with Gasteiger partial charge in [-0.25, -0.2) is 4.31 Å². The number of rotatable bonds is 8. The lowest BCUT2D eigenvalue weighted by Gasteiger charge is -2.20. The first kappa shape index (κ1) is 14.4. The van der Waals surface area contributed by atoms with E-state index in [0.29, 0.717) is 0 Å². The molecule has 4 nitrogen and oxygen atoms in total. The number of nitrogens with zero attached hydrogens (tertiary/aromatic N) is 2. The number of hydrogen-bond acceptors (Lipinski definition) is 5. The zero-order valence-corrected chi connectivity index (χ0v) is 11.5. The Morgan fingerprint density at radius 2 is 1.82 bits per heavy atom. The summed E-state index contributed by atoms with van der Waals surface area (Å²) in [6, 6.07) is 4.10. The van der Waals surface area contributed by atoms with Gasteiger partial charge in [0.25, 0.3) is 0 Å². The molecule has 96 valence electrons. The second kappa shape index (κ2) is 8.47. The summed E-state index contributed by atoms with van der Waals surface area (Å²) in [5.74, 6) is 0. The van der Waals surface area contributed by atoms with Gasteiger partial charge in [0.15, 0.2) is 0 Å². The van der Waals surface area contributed by atoms with E-state index in [2.05, 4.69) is 15.4 Å². The highest BCUT2D eigenvalue weighted by molar-refractivity contribution is 7.97. The van der Waals surface area contributed by atoms with Crippen molar-refractivity contribution in [2.45, 2.75) is 11.8 Å². The van der Waals surface area contributed by atoms with Crippen LogP contribution in [0.2, 0.25) is 0 Å². The van der Waals surface area contributed by atoms with Crippen molar-refractivity contribution < 1.29 is 9.47 Å². The third-order valence-electron chi connectivity index (χ3n) is 2.21. The van der Waals surface area contributed by atoms with Gasteiger partial charge in [-0.3, -0.25) is 4.98 Å². The molecule has 1 aromatic rings. The molecular weight excluding hydrogens is 236 g/mol. The van der Waals surface area contributed by atoms with Crippen LogP contribution in [0, 0.1) is 6.92 Å². The quantitative estimate of drug-likeness (QED) is 0.665. The Bertz CT molecular complexity index is 298. The lowest BCUT2D eigenvalue weighted by molar-refractivity contribution is 0.155. The Kier molecular flexibility index (Phi) is 7.19. The summed E-state index contributed by atoms with van der Waals surface area (Å²) in [5.41, 5.74) is 1.04. The summed E-state index contributed by atoms with van der Waals surface area (Å²) in [6.45, 7) is 5.17. The fourth-order valence-electron chi connectivity index (χ4n) is 1.25. The molecule has 0 aliphatic rings. The summed E-state index contributed by atoms with van der Waals surface area (Å²) in [6.07, 6.45) is 1.90. The minimum atomic E-state index is 0.718. The second-order valence-electron chi connectivity index (χ2n) is 3.64. The largest absolute Gasteiger partial charge is 0.383 e. The summed E-state index contributed by atoms with van der Waals surface area (Å²) < 4.78 is 12.4. The number of aromatic nitrogens is 1. The number of pyridine rings is 1.